The molecule has 1 saturated heterocycles. The summed E-state index contributed by atoms with van der Waals surface area (Å²) in [5, 5.41) is 11.9. The van der Waals surface area contributed by atoms with E-state index >= 15 is 0 Å². The van der Waals surface area contributed by atoms with Crippen molar-refractivity contribution in [2.24, 2.45) is 5.41 Å². The van der Waals surface area contributed by atoms with Crippen molar-refractivity contribution < 1.29 is 4.79 Å². The number of benzene rings is 1. The summed E-state index contributed by atoms with van der Waals surface area (Å²) in [7, 11) is 1.66. The van der Waals surface area contributed by atoms with Gasteiger partial charge in [0.1, 0.15) is 6.07 Å². The van der Waals surface area contributed by atoms with Crippen LogP contribution in [0.3, 0.4) is 0 Å². The van der Waals surface area contributed by atoms with Crippen LogP contribution in [0.4, 0.5) is 5.69 Å². The van der Waals surface area contributed by atoms with E-state index in [1.807, 2.05) is 19.1 Å². The molecule has 1 amide bonds. The van der Waals surface area contributed by atoms with Crippen molar-refractivity contribution in [3.63, 3.8) is 0 Å². The lowest BCUT2D eigenvalue weighted by Gasteiger charge is -2.24. The van der Waals surface area contributed by atoms with Crippen molar-refractivity contribution >= 4 is 27.5 Å². The van der Waals surface area contributed by atoms with Gasteiger partial charge in [-0.25, -0.2) is 0 Å². The lowest BCUT2D eigenvalue weighted by atomic mass is 9.89. The lowest BCUT2D eigenvalue weighted by Crippen LogP contribution is -2.39. The van der Waals surface area contributed by atoms with E-state index in [2.05, 4.69) is 32.2 Å². The van der Waals surface area contributed by atoms with E-state index in [0.717, 1.165) is 23.1 Å². The molecule has 2 rings (SSSR count). The number of anilines is 1. The second kappa shape index (κ2) is 5.22. The highest BCUT2D eigenvalue weighted by atomic mass is 79.9. The molecule has 0 aliphatic carbocycles. The van der Waals surface area contributed by atoms with Crippen LogP contribution in [0.15, 0.2) is 22.7 Å². The molecule has 1 atom stereocenters. The number of nitrogens with one attached hydrogen (secondary N) is 1. The first-order valence-corrected chi connectivity index (χ1v) is 6.96. The summed E-state index contributed by atoms with van der Waals surface area (Å²) in [5.74, 6) is 0.0588. The van der Waals surface area contributed by atoms with Crippen molar-refractivity contribution in [1.29, 1.82) is 5.26 Å². The van der Waals surface area contributed by atoms with Crippen LogP contribution in [-0.4, -0.2) is 26.0 Å². The van der Waals surface area contributed by atoms with Gasteiger partial charge in [-0.3, -0.25) is 4.79 Å². The number of amides is 1. The molecule has 4 nitrogen and oxygen atoms in total. The van der Waals surface area contributed by atoms with E-state index in [0.29, 0.717) is 12.1 Å². The van der Waals surface area contributed by atoms with Gasteiger partial charge in [-0.15, -0.1) is 0 Å². The molecular formula is C14H16BrN3O. The highest BCUT2D eigenvalue weighted by molar-refractivity contribution is 9.10. The Morgan fingerprint density at radius 1 is 1.58 bits per heavy atom. The Morgan fingerprint density at radius 3 is 2.95 bits per heavy atom. The van der Waals surface area contributed by atoms with Crippen LogP contribution >= 0.6 is 15.9 Å². The standard InChI is InChI=1S/C14H16BrN3O/c1-14(13(19)17-2)5-6-18(9-14)12-7-11(15)4-3-10(12)8-16/h3-4,7H,5-6,9H2,1-2H3,(H,17,19). The monoisotopic (exact) mass is 321 g/mol. The number of nitriles is 1. The van der Waals surface area contributed by atoms with Gasteiger partial charge in [0.05, 0.1) is 16.7 Å². The zero-order valence-corrected chi connectivity index (χ0v) is 12.6. The van der Waals surface area contributed by atoms with Crippen molar-refractivity contribution in [1.82, 2.24) is 5.32 Å². The Kier molecular flexibility index (Phi) is 3.81. The number of nitrogens with zero attached hydrogens (tertiary/aromatic N) is 2. The number of halogens is 1. The summed E-state index contributed by atoms with van der Waals surface area (Å²) in [6.07, 6.45) is 0.796. The SMILES string of the molecule is CNC(=O)C1(C)CCN(c2cc(Br)ccc2C#N)C1. The molecular weight excluding hydrogens is 306 g/mol. The largest absolute Gasteiger partial charge is 0.369 e. The molecule has 0 spiro atoms. The van der Waals surface area contributed by atoms with Gasteiger partial charge in [-0.1, -0.05) is 15.9 Å². The Morgan fingerprint density at radius 2 is 2.32 bits per heavy atom. The van der Waals surface area contributed by atoms with E-state index in [1.54, 1.807) is 13.1 Å². The third kappa shape index (κ3) is 2.59. The van der Waals surface area contributed by atoms with Crippen LogP contribution in [0.1, 0.15) is 18.9 Å². The molecule has 1 aromatic carbocycles. The fraction of sp³-hybridized carbons (Fsp3) is 0.429. The van der Waals surface area contributed by atoms with Crippen molar-refractivity contribution in [3.05, 3.63) is 28.2 Å². The molecule has 0 saturated carbocycles. The van der Waals surface area contributed by atoms with Crippen LogP contribution in [0.2, 0.25) is 0 Å². The number of rotatable bonds is 2. The summed E-state index contributed by atoms with van der Waals surface area (Å²) >= 11 is 3.43. The minimum Gasteiger partial charge on any atom is -0.369 e. The first-order valence-electron chi connectivity index (χ1n) is 6.17. The molecule has 1 fully saturated rings. The first-order chi connectivity index (χ1) is 9.00. The van der Waals surface area contributed by atoms with Gasteiger partial charge in [0.15, 0.2) is 0 Å². The molecule has 1 aliphatic rings. The molecule has 0 aromatic heterocycles. The van der Waals surface area contributed by atoms with Gasteiger partial charge in [0, 0.05) is 24.6 Å². The second-order valence-corrected chi connectivity index (χ2v) is 6.00. The Balaban J connectivity index is 2.29. The maximum absolute atomic E-state index is 11.9. The molecule has 1 unspecified atom stereocenters. The van der Waals surface area contributed by atoms with E-state index < -0.39 is 0 Å². The Bertz CT molecular complexity index is 552. The molecule has 0 bridgehead atoms. The number of carbonyl (C=O) groups is 1. The van der Waals surface area contributed by atoms with Gasteiger partial charge in [0.2, 0.25) is 5.91 Å². The zero-order chi connectivity index (χ0) is 14.0. The second-order valence-electron chi connectivity index (χ2n) is 5.08. The van der Waals surface area contributed by atoms with E-state index in [4.69, 9.17) is 0 Å². The van der Waals surface area contributed by atoms with Crippen LogP contribution in [-0.2, 0) is 4.79 Å². The Hall–Kier alpha value is -1.54. The highest BCUT2D eigenvalue weighted by Crippen LogP contribution is 2.35. The van der Waals surface area contributed by atoms with Gasteiger partial charge < -0.3 is 10.2 Å². The minimum absolute atomic E-state index is 0.0588. The van der Waals surface area contributed by atoms with Gasteiger partial charge in [0.25, 0.3) is 0 Å². The predicted octanol–water partition coefficient (Wildman–Crippen LogP) is 2.28. The number of hydrogen-bond donors (Lipinski definition) is 1. The smallest absolute Gasteiger partial charge is 0.227 e. The topological polar surface area (TPSA) is 56.1 Å². The molecule has 5 heteroatoms. The highest BCUT2D eigenvalue weighted by Gasteiger charge is 2.40. The summed E-state index contributed by atoms with van der Waals surface area (Å²) in [6.45, 7) is 3.39. The van der Waals surface area contributed by atoms with Gasteiger partial charge >= 0.3 is 0 Å². The molecule has 1 heterocycles. The maximum Gasteiger partial charge on any atom is 0.227 e. The van der Waals surface area contributed by atoms with E-state index in [1.165, 1.54) is 0 Å². The van der Waals surface area contributed by atoms with Crippen LogP contribution in [0.5, 0.6) is 0 Å². The van der Waals surface area contributed by atoms with Crippen molar-refractivity contribution in [2.45, 2.75) is 13.3 Å². The maximum atomic E-state index is 11.9. The lowest BCUT2D eigenvalue weighted by molar-refractivity contribution is -0.128. The fourth-order valence-electron chi connectivity index (χ4n) is 2.51. The predicted molar refractivity (Wildman–Crippen MR) is 77.9 cm³/mol. The van der Waals surface area contributed by atoms with E-state index in [9.17, 15) is 10.1 Å². The van der Waals surface area contributed by atoms with Crippen molar-refractivity contribution in [2.75, 3.05) is 25.0 Å². The van der Waals surface area contributed by atoms with E-state index in [-0.39, 0.29) is 11.3 Å². The summed E-state index contributed by atoms with van der Waals surface area (Å²) in [4.78, 5) is 14.0. The summed E-state index contributed by atoms with van der Waals surface area (Å²) in [5.41, 5.74) is 1.15. The van der Waals surface area contributed by atoms with Crippen LogP contribution in [0, 0.1) is 16.7 Å². The minimum atomic E-state index is -0.385. The molecule has 1 aliphatic heterocycles. The summed E-state index contributed by atoms with van der Waals surface area (Å²) in [6, 6.07) is 7.80. The van der Waals surface area contributed by atoms with Crippen molar-refractivity contribution in [3.8, 4) is 6.07 Å². The average Bonchev–Trinajstić information content (AvgIpc) is 2.81. The normalized spacial score (nSPS) is 22.1. The van der Waals surface area contributed by atoms with Gasteiger partial charge in [-0.2, -0.15) is 5.26 Å². The molecule has 1 aromatic rings. The first kappa shape index (κ1) is 13.9. The fourth-order valence-corrected chi connectivity index (χ4v) is 2.86. The third-order valence-corrected chi connectivity index (χ3v) is 4.16. The third-order valence-electron chi connectivity index (χ3n) is 3.67. The average molecular weight is 322 g/mol. The number of hydrogen-bond acceptors (Lipinski definition) is 3. The summed E-state index contributed by atoms with van der Waals surface area (Å²) < 4.78 is 0.940. The van der Waals surface area contributed by atoms with Crippen LogP contribution < -0.4 is 10.2 Å². The molecule has 19 heavy (non-hydrogen) atoms. The Labute approximate surface area is 121 Å². The van der Waals surface area contributed by atoms with Crippen LogP contribution in [0.25, 0.3) is 0 Å². The quantitative estimate of drug-likeness (QED) is 0.909. The van der Waals surface area contributed by atoms with Gasteiger partial charge in [-0.05, 0) is 31.5 Å². The zero-order valence-electron chi connectivity index (χ0n) is 11.0. The molecule has 100 valence electrons. The molecule has 0 radical (unpaired) electrons. The molecule has 1 N–H and O–H groups in total. The number of carbonyl (C=O) groups excluding carboxylic acids is 1.